The summed E-state index contributed by atoms with van der Waals surface area (Å²) in [5.41, 5.74) is 0.960. The Morgan fingerprint density at radius 1 is 1.24 bits per heavy atom. The Bertz CT molecular complexity index is 946. The van der Waals surface area contributed by atoms with Crippen molar-refractivity contribution >= 4 is 34.8 Å². The molecule has 0 aliphatic carbocycles. The zero-order chi connectivity index (χ0) is 15.0. The second-order valence-electron chi connectivity index (χ2n) is 4.35. The molecule has 3 rings (SSSR count). The van der Waals surface area contributed by atoms with Crippen LogP contribution >= 0.6 is 23.8 Å². The molecule has 0 aliphatic rings. The van der Waals surface area contributed by atoms with Crippen molar-refractivity contribution in [2.24, 2.45) is 0 Å². The van der Waals surface area contributed by atoms with Crippen LogP contribution < -0.4 is 10.5 Å². The SMILES string of the molecule is COc1ccc2c(=S)n(-c3cccc(Cl)c3)c(=O)oc2c1. The molecule has 6 heteroatoms. The summed E-state index contributed by atoms with van der Waals surface area (Å²) in [4.78, 5) is 12.2. The molecule has 0 N–H and O–H groups in total. The predicted molar refractivity (Wildman–Crippen MR) is 84.2 cm³/mol. The summed E-state index contributed by atoms with van der Waals surface area (Å²) in [6.07, 6.45) is 0. The first kappa shape index (κ1) is 13.9. The van der Waals surface area contributed by atoms with E-state index >= 15 is 0 Å². The molecule has 1 heterocycles. The fourth-order valence-electron chi connectivity index (χ4n) is 2.07. The van der Waals surface area contributed by atoms with Crippen molar-refractivity contribution in [3.05, 3.63) is 62.7 Å². The molecule has 3 aromatic rings. The average molecular weight is 320 g/mol. The van der Waals surface area contributed by atoms with Crippen molar-refractivity contribution in [2.45, 2.75) is 0 Å². The van der Waals surface area contributed by atoms with E-state index in [9.17, 15) is 4.79 Å². The van der Waals surface area contributed by atoms with Gasteiger partial charge in [0.2, 0.25) is 0 Å². The second-order valence-corrected chi connectivity index (χ2v) is 5.17. The molecule has 0 amide bonds. The van der Waals surface area contributed by atoms with Crippen molar-refractivity contribution in [1.29, 1.82) is 0 Å². The van der Waals surface area contributed by atoms with Gasteiger partial charge in [-0.15, -0.1) is 0 Å². The lowest BCUT2D eigenvalue weighted by Gasteiger charge is -2.08. The maximum atomic E-state index is 12.2. The third-order valence-electron chi connectivity index (χ3n) is 3.07. The summed E-state index contributed by atoms with van der Waals surface area (Å²) >= 11 is 11.4. The summed E-state index contributed by atoms with van der Waals surface area (Å²) in [5.74, 6) is 0.0311. The monoisotopic (exact) mass is 319 g/mol. The Balaban J connectivity index is 2.35. The Morgan fingerprint density at radius 2 is 2.05 bits per heavy atom. The van der Waals surface area contributed by atoms with E-state index in [0.29, 0.717) is 32.1 Å². The van der Waals surface area contributed by atoms with Gasteiger partial charge in [-0.25, -0.2) is 9.36 Å². The van der Waals surface area contributed by atoms with Crippen LogP contribution in [0.4, 0.5) is 0 Å². The highest BCUT2D eigenvalue weighted by Crippen LogP contribution is 2.22. The van der Waals surface area contributed by atoms with E-state index in [1.165, 1.54) is 4.57 Å². The Kier molecular flexibility index (Phi) is 3.53. The van der Waals surface area contributed by atoms with Crippen molar-refractivity contribution in [1.82, 2.24) is 4.57 Å². The van der Waals surface area contributed by atoms with Crippen LogP contribution in [0.3, 0.4) is 0 Å². The highest BCUT2D eigenvalue weighted by Gasteiger charge is 2.10. The molecule has 0 aliphatic heterocycles. The molecular weight excluding hydrogens is 310 g/mol. The Hall–Kier alpha value is -2.11. The van der Waals surface area contributed by atoms with E-state index < -0.39 is 5.76 Å². The number of ether oxygens (including phenoxy) is 1. The van der Waals surface area contributed by atoms with Gasteiger partial charge in [0.1, 0.15) is 16.0 Å². The predicted octanol–water partition coefficient (Wildman–Crippen LogP) is 3.98. The number of nitrogens with zero attached hydrogens (tertiary/aromatic N) is 1. The number of fused-ring (bicyclic) bond motifs is 1. The molecule has 0 saturated carbocycles. The number of halogens is 1. The first-order valence-electron chi connectivity index (χ1n) is 6.10. The van der Waals surface area contributed by atoms with E-state index in [0.717, 1.165) is 0 Å². The van der Waals surface area contributed by atoms with E-state index in [4.69, 9.17) is 33.0 Å². The van der Waals surface area contributed by atoms with Gasteiger partial charge < -0.3 is 9.15 Å². The van der Waals surface area contributed by atoms with Gasteiger partial charge in [-0.05, 0) is 30.3 Å². The van der Waals surface area contributed by atoms with Gasteiger partial charge in [-0.2, -0.15) is 0 Å². The maximum absolute atomic E-state index is 12.2. The Labute approximate surface area is 130 Å². The largest absolute Gasteiger partial charge is 0.497 e. The van der Waals surface area contributed by atoms with Gasteiger partial charge in [-0.3, -0.25) is 0 Å². The van der Waals surface area contributed by atoms with Gasteiger partial charge in [0.05, 0.1) is 18.2 Å². The minimum Gasteiger partial charge on any atom is -0.497 e. The number of methoxy groups -OCH3 is 1. The van der Waals surface area contributed by atoms with Crippen molar-refractivity contribution in [2.75, 3.05) is 7.11 Å². The number of hydrogen-bond acceptors (Lipinski definition) is 4. The van der Waals surface area contributed by atoms with E-state index in [-0.39, 0.29) is 0 Å². The normalized spacial score (nSPS) is 10.8. The zero-order valence-corrected chi connectivity index (χ0v) is 12.6. The second kappa shape index (κ2) is 5.35. The third kappa shape index (κ3) is 2.46. The first-order valence-corrected chi connectivity index (χ1v) is 6.88. The summed E-state index contributed by atoms with van der Waals surface area (Å²) in [6, 6.07) is 12.0. The van der Waals surface area contributed by atoms with Crippen molar-refractivity contribution in [3.63, 3.8) is 0 Å². The summed E-state index contributed by atoms with van der Waals surface area (Å²) in [5, 5.41) is 1.18. The smallest absolute Gasteiger partial charge is 0.425 e. The summed E-state index contributed by atoms with van der Waals surface area (Å²) < 4.78 is 12.1. The molecule has 1 aromatic heterocycles. The fraction of sp³-hybridized carbons (Fsp3) is 0.0667. The standard InChI is InChI=1S/C15H10ClNO3S/c1-19-11-5-6-12-13(8-11)20-15(18)17(14(12)21)10-4-2-3-9(16)7-10/h2-8H,1H3. The van der Waals surface area contributed by atoms with Crippen LogP contribution in [-0.4, -0.2) is 11.7 Å². The van der Waals surface area contributed by atoms with Crippen molar-refractivity contribution in [3.8, 4) is 11.4 Å². The molecule has 4 nitrogen and oxygen atoms in total. The van der Waals surface area contributed by atoms with Gasteiger partial charge in [0, 0.05) is 11.1 Å². The molecule has 106 valence electrons. The van der Waals surface area contributed by atoms with Crippen LogP contribution in [-0.2, 0) is 0 Å². The molecule has 0 spiro atoms. The minimum atomic E-state index is -0.567. The van der Waals surface area contributed by atoms with Crippen LogP contribution in [0.15, 0.2) is 51.7 Å². The highest BCUT2D eigenvalue weighted by atomic mass is 35.5. The van der Waals surface area contributed by atoms with Gasteiger partial charge in [-0.1, -0.05) is 29.9 Å². The molecule has 2 aromatic carbocycles. The maximum Gasteiger partial charge on any atom is 0.425 e. The quantitative estimate of drug-likeness (QED) is 0.670. The molecule has 0 unspecified atom stereocenters. The van der Waals surface area contributed by atoms with E-state index in [2.05, 4.69) is 0 Å². The lowest BCUT2D eigenvalue weighted by Crippen LogP contribution is -2.18. The van der Waals surface area contributed by atoms with Crippen LogP contribution in [0.5, 0.6) is 5.75 Å². The summed E-state index contributed by atoms with van der Waals surface area (Å²) in [7, 11) is 1.54. The van der Waals surface area contributed by atoms with Crippen molar-refractivity contribution < 1.29 is 9.15 Å². The fourth-order valence-corrected chi connectivity index (χ4v) is 2.60. The molecular formula is C15H10ClNO3S. The first-order chi connectivity index (χ1) is 10.1. The zero-order valence-electron chi connectivity index (χ0n) is 11.0. The topological polar surface area (TPSA) is 44.4 Å². The lowest BCUT2D eigenvalue weighted by molar-refractivity contribution is 0.413. The minimum absolute atomic E-state index is 0.367. The van der Waals surface area contributed by atoms with E-state index in [1.54, 1.807) is 49.6 Å². The molecule has 0 atom stereocenters. The van der Waals surface area contributed by atoms with Gasteiger partial charge >= 0.3 is 5.76 Å². The van der Waals surface area contributed by atoms with Crippen LogP contribution in [0.25, 0.3) is 16.7 Å². The Morgan fingerprint density at radius 3 is 2.76 bits per heavy atom. The molecule has 0 bridgehead atoms. The third-order valence-corrected chi connectivity index (χ3v) is 3.71. The highest BCUT2D eigenvalue weighted by molar-refractivity contribution is 7.71. The van der Waals surface area contributed by atoms with Crippen LogP contribution in [0.1, 0.15) is 0 Å². The molecule has 21 heavy (non-hydrogen) atoms. The average Bonchev–Trinajstić information content (AvgIpc) is 2.46. The van der Waals surface area contributed by atoms with Crippen LogP contribution in [0.2, 0.25) is 5.02 Å². The van der Waals surface area contributed by atoms with Gasteiger partial charge in [0.15, 0.2) is 0 Å². The molecule has 0 radical (unpaired) electrons. The lowest BCUT2D eigenvalue weighted by atomic mass is 10.2. The number of benzene rings is 2. The number of hydrogen-bond donors (Lipinski definition) is 0. The van der Waals surface area contributed by atoms with E-state index in [1.807, 2.05) is 0 Å². The number of rotatable bonds is 2. The van der Waals surface area contributed by atoms with Gasteiger partial charge in [0.25, 0.3) is 0 Å². The molecule has 0 fully saturated rings. The molecule has 0 saturated heterocycles. The summed E-state index contributed by atoms with van der Waals surface area (Å²) in [6.45, 7) is 0. The number of aromatic nitrogens is 1. The van der Waals surface area contributed by atoms with Crippen LogP contribution in [0, 0.1) is 4.64 Å².